The molecule has 0 aliphatic heterocycles. The van der Waals surface area contributed by atoms with Crippen molar-refractivity contribution >= 4 is 26.0 Å². The lowest BCUT2D eigenvalue weighted by Crippen LogP contribution is -2.34. The highest BCUT2D eigenvalue weighted by molar-refractivity contribution is 9.09. The van der Waals surface area contributed by atoms with Gasteiger partial charge in [0, 0.05) is 11.4 Å². The number of halogens is 1. The maximum atomic E-state index is 11.9. The van der Waals surface area contributed by atoms with E-state index in [0.29, 0.717) is 18.2 Å². The molecule has 0 aromatic carbocycles. The molecule has 1 unspecified atom stereocenters. The van der Waals surface area contributed by atoms with E-state index < -0.39 is 10.0 Å². The maximum Gasteiger partial charge on any atom is 0.211 e. The number of sulfonamides is 1. The topological polar surface area (TPSA) is 46.2 Å². The molecule has 1 rings (SSSR count). The van der Waals surface area contributed by atoms with E-state index in [1.54, 1.807) is 0 Å². The second-order valence-electron chi connectivity index (χ2n) is 5.02. The molecule has 0 saturated heterocycles. The Morgan fingerprint density at radius 1 is 1.29 bits per heavy atom. The van der Waals surface area contributed by atoms with Crippen LogP contribution in [0, 0.1) is 5.92 Å². The van der Waals surface area contributed by atoms with Crippen LogP contribution in [-0.2, 0) is 10.0 Å². The third-order valence-electron chi connectivity index (χ3n) is 3.31. The van der Waals surface area contributed by atoms with E-state index in [4.69, 9.17) is 0 Å². The van der Waals surface area contributed by atoms with Gasteiger partial charge in [-0.25, -0.2) is 13.1 Å². The first kappa shape index (κ1) is 15.4. The van der Waals surface area contributed by atoms with Crippen molar-refractivity contribution in [2.75, 3.05) is 12.3 Å². The second kappa shape index (κ2) is 7.74. The highest BCUT2D eigenvalue weighted by Crippen LogP contribution is 2.24. The zero-order chi connectivity index (χ0) is 12.7. The van der Waals surface area contributed by atoms with Crippen LogP contribution in [0.3, 0.4) is 0 Å². The lowest BCUT2D eigenvalue weighted by Gasteiger charge is -2.21. The number of rotatable bonds is 7. The van der Waals surface area contributed by atoms with Crippen LogP contribution < -0.4 is 4.72 Å². The Kier molecular flexibility index (Phi) is 7.04. The number of hydrogen-bond donors (Lipinski definition) is 1. The van der Waals surface area contributed by atoms with Crippen LogP contribution in [-0.4, -0.2) is 25.5 Å². The van der Waals surface area contributed by atoms with E-state index in [2.05, 4.69) is 27.6 Å². The average molecular weight is 326 g/mol. The molecule has 0 radical (unpaired) electrons. The smallest absolute Gasteiger partial charge is 0.211 e. The summed E-state index contributed by atoms with van der Waals surface area (Å²) in [6.45, 7) is 2.62. The minimum absolute atomic E-state index is 0.258. The molecule has 0 aromatic heterocycles. The van der Waals surface area contributed by atoms with Gasteiger partial charge in [-0.15, -0.1) is 0 Å². The largest absolute Gasteiger partial charge is 0.214 e. The fourth-order valence-corrected chi connectivity index (χ4v) is 4.72. The molecule has 1 saturated carbocycles. The van der Waals surface area contributed by atoms with Crippen molar-refractivity contribution in [3.8, 4) is 0 Å². The van der Waals surface area contributed by atoms with Gasteiger partial charge >= 0.3 is 0 Å². The molecule has 0 bridgehead atoms. The Morgan fingerprint density at radius 3 is 2.53 bits per heavy atom. The summed E-state index contributed by atoms with van der Waals surface area (Å²) >= 11 is 3.49. The Bertz CT molecular complexity index is 300. The number of alkyl halides is 1. The lowest BCUT2D eigenvalue weighted by molar-refractivity contribution is 0.384. The Balaban J connectivity index is 2.29. The normalized spacial score (nSPS) is 20.4. The standard InChI is InChI=1S/C12H24BrNO2S/c1-2-6-12(13)9-14-17(15,16)10-11-7-4-3-5-8-11/h11-12,14H,2-10H2,1H3. The Morgan fingerprint density at radius 2 is 1.94 bits per heavy atom. The lowest BCUT2D eigenvalue weighted by atomic mass is 9.91. The summed E-state index contributed by atoms with van der Waals surface area (Å²) in [5.41, 5.74) is 0. The molecule has 0 heterocycles. The van der Waals surface area contributed by atoms with Crippen molar-refractivity contribution in [3.63, 3.8) is 0 Å². The van der Waals surface area contributed by atoms with E-state index in [1.165, 1.54) is 19.3 Å². The molecule has 0 spiro atoms. The summed E-state index contributed by atoms with van der Waals surface area (Å²) in [5, 5.41) is 0. The summed E-state index contributed by atoms with van der Waals surface area (Å²) in [6.07, 6.45) is 7.88. The predicted molar refractivity (Wildman–Crippen MR) is 76.0 cm³/mol. The average Bonchev–Trinajstić information content (AvgIpc) is 2.28. The molecule has 3 nitrogen and oxygen atoms in total. The summed E-state index contributed by atoms with van der Waals surface area (Å²) in [6, 6.07) is 0. The van der Waals surface area contributed by atoms with E-state index in [9.17, 15) is 8.42 Å². The van der Waals surface area contributed by atoms with Gasteiger partial charge in [-0.2, -0.15) is 0 Å². The highest BCUT2D eigenvalue weighted by Gasteiger charge is 2.21. The van der Waals surface area contributed by atoms with E-state index in [1.807, 2.05) is 0 Å². The predicted octanol–water partition coefficient (Wildman–Crippen LogP) is 3.05. The summed E-state index contributed by atoms with van der Waals surface area (Å²) in [7, 11) is -3.07. The van der Waals surface area contributed by atoms with E-state index in [0.717, 1.165) is 25.7 Å². The fourth-order valence-electron chi connectivity index (χ4n) is 2.36. The van der Waals surface area contributed by atoms with Crippen molar-refractivity contribution in [2.45, 2.75) is 56.7 Å². The molecule has 0 aromatic rings. The minimum Gasteiger partial charge on any atom is -0.214 e. The molecule has 1 fully saturated rings. The molecular weight excluding hydrogens is 302 g/mol. The molecule has 1 aliphatic rings. The number of hydrogen-bond acceptors (Lipinski definition) is 2. The van der Waals surface area contributed by atoms with Crippen molar-refractivity contribution in [1.82, 2.24) is 4.72 Å². The molecule has 1 N–H and O–H groups in total. The van der Waals surface area contributed by atoms with Gasteiger partial charge in [0.25, 0.3) is 0 Å². The number of nitrogens with one attached hydrogen (secondary N) is 1. The van der Waals surface area contributed by atoms with Gasteiger partial charge in [-0.05, 0) is 25.2 Å². The van der Waals surface area contributed by atoms with Gasteiger partial charge in [0.15, 0.2) is 0 Å². The minimum atomic E-state index is -3.07. The fraction of sp³-hybridized carbons (Fsp3) is 1.00. The van der Waals surface area contributed by atoms with Crippen LogP contribution in [0.2, 0.25) is 0 Å². The van der Waals surface area contributed by atoms with Crippen LogP contribution in [0.1, 0.15) is 51.9 Å². The first-order valence-electron chi connectivity index (χ1n) is 6.65. The molecule has 17 heavy (non-hydrogen) atoms. The third-order valence-corrected chi connectivity index (χ3v) is 5.60. The van der Waals surface area contributed by atoms with Crippen LogP contribution in [0.15, 0.2) is 0 Å². The molecule has 102 valence electrons. The van der Waals surface area contributed by atoms with Gasteiger partial charge in [0.1, 0.15) is 0 Å². The zero-order valence-electron chi connectivity index (χ0n) is 10.6. The molecule has 0 amide bonds. The van der Waals surface area contributed by atoms with E-state index >= 15 is 0 Å². The summed E-state index contributed by atoms with van der Waals surface area (Å²) < 4.78 is 26.5. The highest BCUT2D eigenvalue weighted by atomic mass is 79.9. The SMILES string of the molecule is CCCC(Br)CNS(=O)(=O)CC1CCCCC1. The molecule has 1 atom stereocenters. The first-order valence-corrected chi connectivity index (χ1v) is 9.21. The van der Waals surface area contributed by atoms with Gasteiger partial charge in [0.05, 0.1) is 5.75 Å². The van der Waals surface area contributed by atoms with Crippen LogP contribution in [0.25, 0.3) is 0 Å². The van der Waals surface area contributed by atoms with Gasteiger partial charge < -0.3 is 0 Å². The summed E-state index contributed by atoms with van der Waals surface area (Å²) in [5.74, 6) is 0.694. The van der Waals surface area contributed by atoms with Crippen molar-refractivity contribution in [3.05, 3.63) is 0 Å². The Labute approximate surface area is 114 Å². The van der Waals surface area contributed by atoms with Crippen LogP contribution >= 0.6 is 15.9 Å². The molecular formula is C12H24BrNO2S. The van der Waals surface area contributed by atoms with Gasteiger partial charge in [0.2, 0.25) is 10.0 Å². The Hall–Kier alpha value is 0.390. The van der Waals surface area contributed by atoms with E-state index in [-0.39, 0.29) is 4.83 Å². The molecule has 5 heteroatoms. The molecule has 1 aliphatic carbocycles. The zero-order valence-corrected chi connectivity index (χ0v) is 13.0. The summed E-state index contributed by atoms with van der Waals surface area (Å²) in [4.78, 5) is 0.258. The maximum absolute atomic E-state index is 11.9. The quantitative estimate of drug-likeness (QED) is 0.731. The van der Waals surface area contributed by atoms with Crippen molar-refractivity contribution in [1.29, 1.82) is 0 Å². The third kappa shape index (κ3) is 6.77. The van der Waals surface area contributed by atoms with Gasteiger partial charge in [-0.1, -0.05) is 48.5 Å². The van der Waals surface area contributed by atoms with Gasteiger partial charge in [-0.3, -0.25) is 0 Å². The second-order valence-corrected chi connectivity index (χ2v) is 8.17. The first-order chi connectivity index (χ1) is 8.03. The monoisotopic (exact) mass is 325 g/mol. The van der Waals surface area contributed by atoms with Crippen LogP contribution in [0.4, 0.5) is 0 Å². The van der Waals surface area contributed by atoms with Crippen LogP contribution in [0.5, 0.6) is 0 Å². The van der Waals surface area contributed by atoms with Crippen molar-refractivity contribution < 1.29 is 8.42 Å². The van der Waals surface area contributed by atoms with Crippen molar-refractivity contribution in [2.24, 2.45) is 5.92 Å².